The summed E-state index contributed by atoms with van der Waals surface area (Å²) < 4.78 is 95.9. The highest BCUT2D eigenvalue weighted by atomic mass is 16.8. The third-order valence-electron chi connectivity index (χ3n) is 31.7. The summed E-state index contributed by atoms with van der Waals surface area (Å²) >= 11 is 0. The van der Waals surface area contributed by atoms with Crippen molar-refractivity contribution >= 4 is 24.1 Å². The topological polar surface area (TPSA) is 693 Å². The van der Waals surface area contributed by atoms with Gasteiger partial charge < -0.3 is 203 Å². The molecule has 44 nitrogen and oxygen atoms in total. The molecule has 8 saturated heterocycles. The Kier molecular flexibility index (Phi) is 33.9. The zero-order valence-electron chi connectivity index (χ0n) is 74.8. The van der Waals surface area contributed by atoms with Crippen molar-refractivity contribution in [2.45, 2.75) is 403 Å². The molecule has 46 atom stereocenters. The van der Waals surface area contributed by atoms with Crippen LogP contribution < -0.4 is 5.32 Å². The first-order valence-electron chi connectivity index (χ1n) is 46.2. The summed E-state index contributed by atoms with van der Waals surface area (Å²) in [5.41, 5.74) is -7.48. The summed E-state index contributed by atoms with van der Waals surface area (Å²) in [6.45, 7) is 8.61. The van der Waals surface area contributed by atoms with Gasteiger partial charge in [0, 0.05) is 13.0 Å². The molecule has 8 aliphatic heterocycles. The van der Waals surface area contributed by atoms with Crippen molar-refractivity contribution in [3.8, 4) is 0 Å². The molecule has 44 heteroatoms. The Balaban J connectivity index is 0.722. The number of aliphatic carboxylic acids is 1. The number of fused-ring (bicyclic) bond motifs is 7. The maximum Gasteiger partial charge on any atom is 0.335 e. The minimum absolute atomic E-state index is 0.0308. The second-order valence-corrected chi connectivity index (χ2v) is 40.4. The van der Waals surface area contributed by atoms with Crippen LogP contribution in [0.2, 0.25) is 0 Å². The molecule has 5 aliphatic carbocycles. The van der Waals surface area contributed by atoms with Crippen molar-refractivity contribution in [3.05, 3.63) is 11.6 Å². The summed E-state index contributed by atoms with van der Waals surface area (Å²) in [4.78, 5) is 57.9. The number of rotatable bonds is 34. The molecule has 131 heavy (non-hydrogen) atoms. The quantitative estimate of drug-likeness (QED) is 0.00936. The van der Waals surface area contributed by atoms with E-state index in [4.69, 9.17) is 75.8 Å². The highest BCUT2D eigenvalue weighted by Crippen LogP contribution is 2.76. The average Bonchev–Trinajstić information content (AvgIpc) is 0.850. The Morgan fingerprint density at radius 3 is 1.68 bits per heavy atom. The average molecular weight is 1890 g/mol. The van der Waals surface area contributed by atoms with Gasteiger partial charge in [-0.15, -0.1) is 0 Å². The number of ether oxygens (including phenoxy) is 16. The molecule has 1 amide bonds. The summed E-state index contributed by atoms with van der Waals surface area (Å²) in [5.74, 6) is -4.94. The molecular formula is C87H141NO43. The number of allylic oxidation sites excluding steroid dienone is 2. The van der Waals surface area contributed by atoms with Crippen molar-refractivity contribution < 1.29 is 212 Å². The van der Waals surface area contributed by atoms with Gasteiger partial charge in [-0.3, -0.25) is 9.59 Å². The second kappa shape index (κ2) is 42.4. The lowest BCUT2D eigenvalue weighted by atomic mass is 9.33. The van der Waals surface area contributed by atoms with Crippen LogP contribution >= 0.6 is 0 Å². The highest BCUT2D eigenvalue weighted by Gasteiger charge is 2.74. The Morgan fingerprint density at radius 1 is 0.496 bits per heavy atom. The highest BCUT2D eigenvalue weighted by molar-refractivity contribution is 5.80. The normalized spacial score (nSPS) is 49.9. The Bertz CT molecular complexity index is 3800. The van der Waals surface area contributed by atoms with Crippen LogP contribution in [0.4, 0.5) is 0 Å². The number of nitrogens with one attached hydrogen (secondary N) is 1. The molecule has 4 unspecified atom stereocenters. The first kappa shape index (κ1) is 105. The second-order valence-electron chi connectivity index (χ2n) is 40.4. The Morgan fingerprint density at radius 2 is 1.05 bits per heavy atom. The van der Waals surface area contributed by atoms with Gasteiger partial charge >= 0.3 is 11.9 Å². The standard InChI is InChI=1S/C87H141NO43/c1-37-64(125-74-63(110)65(41(95)33-118-74)126-79-70(111)86(115,35-93)36-119-79)57(104)61(108)75(120-37)129-68-54(101)50(88-49(97)17-15-13-11-9-8-10-12-14-16-26-116-72-59(106)55(102)52(99)43(30-90)122-72)42(29-89)121-77(68)131-80(114)87-25-24-81(2,3)27-39(87)38-18-19-46-82(4)22-21-48(83(5,34-92)45(82)20-23-84(46,6)85(38,7)28-47(87)96)124-78-69(130-76-60(107)56(103)53(100)44(31-91)123-76)66(62(109)67(128-78)71(112)113)127-73-58(105)51(98)40(94)32-117-73/h18,34,37,39-48,50-70,72-79,89-91,93-96,98-111,115H,8-17,19-33,35-36H2,1-7H3,(H,88,97)(H,112,113)/t37-,39?,40+,41+,42+,43+,44+,45?,46?,47+,48-,50-,51-,52+,53-,54-,55+,56-,57-,58+,59-,60+,61+,62-,63+,64-,65-,66-,67-,68+,69+,70-,72?,73-,74-,75+,76+,77-,78+,79-,82-,83-,84+,85+,86+,87+/m0/s1. The fourth-order valence-electron chi connectivity index (χ4n) is 23.5. The van der Waals surface area contributed by atoms with Gasteiger partial charge in [-0.2, -0.15) is 0 Å². The van der Waals surface area contributed by atoms with E-state index in [-0.39, 0.29) is 38.2 Å². The van der Waals surface area contributed by atoms with E-state index in [0.29, 0.717) is 57.8 Å². The number of carbonyl (C=O) groups excluding carboxylic acids is 3. The zero-order valence-corrected chi connectivity index (χ0v) is 74.8. The first-order chi connectivity index (χ1) is 61.9. The number of unbranched alkanes of at least 4 members (excludes halogenated alkanes) is 8. The Hall–Kier alpha value is -3.66. The van der Waals surface area contributed by atoms with Crippen molar-refractivity contribution in [2.75, 3.05) is 52.9 Å². The van der Waals surface area contributed by atoms with Crippen LogP contribution in [0, 0.1) is 50.2 Å². The number of carbonyl (C=O) groups is 4. The smallest absolute Gasteiger partial charge is 0.335 e. The van der Waals surface area contributed by atoms with Gasteiger partial charge in [-0.05, 0) is 117 Å². The number of carboxylic acid groups (broad SMARTS) is 1. The molecule has 0 aromatic rings. The third kappa shape index (κ3) is 20.3. The van der Waals surface area contributed by atoms with E-state index in [9.17, 15) is 132 Å². The van der Waals surface area contributed by atoms with Crippen LogP contribution in [0.25, 0.3) is 0 Å². The molecule has 13 rings (SSSR count). The number of aliphatic hydroxyl groups excluding tert-OH is 21. The fourth-order valence-corrected chi connectivity index (χ4v) is 23.5. The van der Waals surface area contributed by atoms with Crippen LogP contribution in [-0.2, 0) is 95.0 Å². The van der Waals surface area contributed by atoms with Gasteiger partial charge in [0.2, 0.25) is 12.2 Å². The van der Waals surface area contributed by atoms with E-state index in [1.807, 2.05) is 13.8 Å². The number of carboxylic acids is 1. The predicted molar refractivity (Wildman–Crippen MR) is 435 cm³/mol. The van der Waals surface area contributed by atoms with E-state index in [2.05, 4.69) is 32.2 Å². The van der Waals surface area contributed by atoms with Gasteiger partial charge in [0.15, 0.2) is 56.2 Å². The van der Waals surface area contributed by atoms with Gasteiger partial charge in [0.05, 0.1) is 76.0 Å². The van der Waals surface area contributed by atoms with Gasteiger partial charge in [0.1, 0.15) is 158 Å². The lowest BCUT2D eigenvalue weighted by molar-refractivity contribution is -0.391. The van der Waals surface area contributed by atoms with Crippen molar-refractivity contribution in [1.82, 2.24) is 5.32 Å². The minimum atomic E-state index is -2.25. The molecule has 13 aliphatic rings. The summed E-state index contributed by atoms with van der Waals surface area (Å²) in [6, 6.07) is -1.53. The minimum Gasteiger partial charge on any atom is -0.479 e. The van der Waals surface area contributed by atoms with E-state index < -0.39 is 341 Å². The largest absolute Gasteiger partial charge is 0.479 e. The van der Waals surface area contributed by atoms with Crippen LogP contribution in [0.3, 0.4) is 0 Å². The number of esters is 1. The zero-order chi connectivity index (χ0) is 95.4. The maximum absolute atomic E-state index is 16.3. The van der Waals surface area contributed by atoms with Crippen LogP contribution in [-0.4, -0.2) is 427 Å². The van der Waals surface area contributed by atoms with E-state index >= 15 is 4.79 Å². The van der Waals surface area contributed by atoms with E-state index in [0.717, 1.165) is 50.4 Å². The molecule has 0 spiro atoms. The number of aldehydes is 1. The molecule has 8 heterocycles. The summed E-state index contributed by atoms with van der Waals surface area (Å²) in [5, 5.41) is 256. The van der Waals surface area contributed by atoms with Crippen LogP contribution in [0.1, 0.15) is 170 Å². The number of aliphatic hydroxyl groups is 22. The third-order valence-corrected chi connectivity index (χ3v) is 31.7. The van der Waals surface area contributed by atoms with Gasteiger partial charge in [-0.25, -0.2) is 4.79 Å². The molecule has 0 aromatic heterocycles. The maximum atomic E-state index is 16.3. The molecule has 0 aromatic carbocycles. The summed E-state index contributed by atoms with van der Waals surface area (Å²) in [6.07, 6.45) is -52.4. The predicted octanol–water partition coefficient (Wildman–Crippen LogP) is -6.53. The molecule has 4 saturated carbocycles. The molecule has 0 bridgehead atoms. The van der Waals surface area contributed by atoms with Crippen LogP contribution in [0.15, 0.2) is 11.6 Å². The lowest BCUT2D eigenvalue weighted by Gasteiger charge is -2.71. The van der Waals surface area contributed by atoms with E-state index in [1.165, 1.54) is 6.92 Å². The number of hydrogen-bond acceptors (Lipinski definition) is 42. The fraction of sp³-hybridized carbons (Fsp3) is 0.931. The van der Waals surface area contributed by atoms with Gasteiger partial charge in [0.25, 0.3) is 0 Å². The van der Waals surface area contributed by atoms with E-state index in [1.54, 1.807) is 6.92 Å². The number of amides is 1. The van der Waals surface area contributed by atoms with Gasteiger partial charge in [-0.1, -0.05) is 98.1 Å². The van der Waals surface area contributed by atoms with Crippen molar-refractivity contribution in [3.63, 3.8) is 0 Å². The summed E-state index contributed by atoms with van der Waals surface area (Å²) in [7, 11) is 0. The molecule has 0 radical (unpaired) electrons. The SMILES string of the molecule is C[C@@H]1O[C@H](O[C@H]2[C@H](OC(=O)[C@]34CCC(C)(C)CC3C3=CCC5[C@@]6(C)CC[C@H](O[C@@H]7O[C@H](C(=O)O)[C@@H](O)[C@H](O[C@@H]8OC[C@@H](O)[C@H](O)[C@H]8O)[C@H]7O[C@H]7O[C@H](CO)[C@H](O)[C@H](O)[C@H]7O)[C@@](C)(C=O)C6CC[C@@]5(C)[C@]3(C)C[C@H]4O)O[C@H](CO)[C@H](NC(=O)CCCCCCCCCCCOC3O[C@H](CO)[C@@H](O)[C@@H](O)[C@@H]3O)[C@@H]2O)[C@H](O)[C@H](O)[C@H]1O[C@@H]1OC[C@@H](O)[C@H](O[C@@H]2OC[C@](O)(CO)[C@H]2O)[C@H]1O. The van der Waals surface area contributed by atoms with Crippen molar-refractivity contribution in [1.29, 1.82) is 0 Å². The van der Waals surface area contributed by atoms with Crippen molar-refractivity contribution in [2.24, 2.45) is 50.2 Å². The monoisotopic (exact) mass is 1890 g/mol. The molecular weight excluding hydrogens is 1750 g/mol. The van der Waals surface area contributed by atoms with Crippen LogP contribution in [0.5, 0.6) is 0 Å². The molecule has 12 fully saturated rings. The Labute approximate surface area is 757 Å². The molecule has 752 valence electrons. The first-order valence-corrected chi connectivity index (χ1v) is 46.2. The number of hydrogen-bond donors (Lipinski definition) is 24. The lowest BCUT2D eigenvalue weighted by Crippen LogP contribution is -2.70. The molecule has 24 N–H and O–H groups in total.